The van der Waals surface area contributed by atoms with Crippen LogP contribution in [0.15, 0.2) is 29.8 Å². The maximum absolute atomic E-state index is 12.6. The molecule has 31 heavy (non-hydrogen) atoms. The van der Waals surface area contributed by atoms with Gasteiger partial charge in [-0.15, -0.1) is 0 Å². The maximum atomic E-state index is 12.6. The van der Waals surface area contributed by atoms with Crippen LogP contribution >= 0.6 is 0 Å². The van der Waals surface area contributed by atoms with E-state index in [0.29, 0.717) is 31.0 Å². The van der Waals surface area contributed by atoms with Gasteiger partial charge in [0.15, 0.2) is 6.61 Å². The van der Waals surface area contributed by atoms with Crippen LogP contribution in [0.1, 0.15) is 83.4 Å². The third-order valence-electron chi connectivity index (χ3n) is 5.62. The van der Waals surface area contributed by atoms with Gasteiger partial charge in [-0.25, -0.2) is 4.79 Å². The Hall–Kier alpha value is -2.96. The van der Waals surface area contributed by atoms with E-state index in [1.807, 2.05) is 13.8 Å². The van der Waals surface area contributed by atoms with Gasteiger partial charge in [0, 0.05) is 13.1 Å². The molecule has 0 fully saturated rings. The molecule has 1 aliphatic carbocycles. The molecule has 1 N–H and O–H groups in total. The highest BCUT2D eigenvalue weighted by Crippen LogP contribution is 2.25. The molecule has 0 spiro atoms. The van der Waals surface area contributed by atoms with Gasteiger partial charge >= 0.3 is 5.97 Å². The van der Waals surface area contributed by atoms with Crippen LogP contribution in [-0.2, 0) is 9.53 Å². The lowest BCUT2D eigenvalue weighted by atomic mass is 9.97. The van der Waals surface area contributed by atoms with E-state index in [1.165, 1.54) is 41.5 Å². The van der Waals surface area contributed by atoms with Crippen molar-refractivity contribution in [1.82, 2.24) is 10.2 Å². The molecule has 0 radical (unpaired) electrons. The number of carbonyl (C=O) groups is 4. The fraction of sp³-hybridized carbons (Fsp3) is 0.500. The van der Waals surface area contributed by atoms with Crippen LogP contribution in [0.3, 0.4) is 0 Å². The van der Waals surface area contributed by atoms with E-state index in [4.69, 9.17) is 4.74 Å². The molecule has 166 valence electrons. The van der Waals surface area contributed by atoms with Crippen molar-refractivity contribution in [3.05, 3.63) is 46.5 Å². The Morgan fingerprint density at radius 1 is 1.13 bits per heavy atom. The molecule has 0 atom stereocenters. The van der Waals surface area contributed by atoms with Gasteiger partial charge in [0.2, 0.25) is 0 Å². The monoisotopic (exact) mass is 426 g/mol. The van der Waals surface area contributed by atoms with Crippen molar-refractivity contribution in [2.45, 2.75) is 52.4 Å². The number of imide groups is 1. The summed E-state index contributed by atoms with van der Waals surface area (Å²) in [6, 6.07) is 4.30. The van der Waals surface area contributed by atoms with Crippen molar-refractivity contribution in [2.75, 3.05) is 19.7 Å². The molecular formula is C24H30N2O5. The van der Waals surface area contributed by atoms with E-state index >= 15 is 0 Å². The van der Waals surface area contributed by atoms with Gasteiger partial charge in [-0.2, -0.15) is 0 Å². The van der Waals surface area contributed by atoms with E-state index in [0.717, 1.165) is 19.3 Å². The third kappa shape index (κ3) is 5.81. The molecule has 0 saturated heterocycles. The second kappa shape index (κ2) is 10.4. The number of amides is 3. The molecule has 1 heterocycles. The van der Waals surface area contributed by atoms with Crippen molar-refractivity contribution in [3.8, 4) is 0 Å². The van der Waals surface area contributed by atoms with Crippen LogP contribution in [-0.4, -0.2) is 48.3 Å². The molecule has 7 heteroatoms. The number of ether oxygens (including phenoxy) is 1. The molecule has 7 nitrogen and oxygen atoms in total. The molecule has 0 bridgehead atoms. The number of nitrogens with one attached hydrogen (secondary N) is 1. The first-order chi connectivity index (χ1) is 14.9. The minimum atomic E-state index is -0.700. The average molecular weight is 427 g/mol. The summed E-state index contributed by atoms with van der Waals surface area (Å²) < 4.78 is 5.08. The second-order valence-corrected chi connectivity index (χ2v) is 8.49. The number of benzene rings is 1. The van der Waals surface area contributed by atoms with Crippen molar-refractivity contribution in [2.24, 2.45) is 5.92 Å². The summed E-state index contributed by atoms with van der Waals surface area (Å²) in [7, 11) is 0. The highest BCUT2D eigenvalue weighted by Gasteiger charge is 2.35. The van der Waals surface area contributed by atoms with Gasteiger partial charge in [0.1, 0.15) is 0 Å². The van der Waals surface area contributed by atoms with Gasteiger partial charge < -0.3 is 10.1 Å². The predicted octanol–water partition coefficient (Wildman–Crippen LogP) is 3.49. The molecule has 3 rings (SSSR count). The number of hydrogen-bond donors (Lipinski definition) is 1. The number of rotatable bonds is 9. The normalized spacial score (nSPS) is 15.7. The lowest BCUT2D eigenvalue weighted by Gasteiger charge is -2.14. The van der Waals surface area contributed by atoms with Crippen molar-refractivity contribution < 1.29 is 23.9 Å². The van der Waals surface area contributed by atoms with Crippen molar-refractivity contribution >= 4 is 23.7 Å². The zero-order valence-corrected chi connectivity index (χ0v) is 18.2. The summed E-state index contributed by atoms with van der Waals surface area (Å²) in [5.41, 5.74) is 2.00. The zero-order valence-electron chi connectivity index (χ0n) is 18.2. The molecule has 1 aliphatic heterocycles. The lowest BCUT2D eigenvalue weighted by Crippen LogP contribution is -2.31. The molecular weight excluding hydrogens is 396 g/mol. The van der Waals surface area contributed by atoms with E-state index in [-0.39, 0.29) is 29.5 Å². The summed E-state index contributed by atoms with van der Waals surface area (Å²) in [5, 5.41) is 2.76. The highest BCUT2D eigenvalue weighted by atomic mass is 16.5. The predicted molar refractivity (Wildman–Crippen MR) is 116 cm³/mol. The fourth-order valence-corrected chi connectivity index (χ4v) is 3.77. The summed E-state index contributed by atoms with van der Waals surface area (Å²) in [4.78, 5) is 50.6. The molecule has 1 aromatic carbocycles. The molecule has 2 aliphatic rings. The third-order valence-corrected chi connectivity index (χ3v) is 5.62. The Morgan fingerprint density at radius 2 is 1.90 bits per heavy atom. The topological polar surface area (TPSA) is 92.8 Å². The van der Waals surface area contributed by atoms with Gasteiger partial charge in [-0.05, 0) is 62.6 Å². The first-order valence-corrected chi connectivity index (χ1v) is 11.0. The Bertz CT molecular complexity index is 903. The number of nitrogens with zero attached hydrogens (tertiary/aromatic N) is 1. The van der Waals surface area contributed by atoms with Crippen LogP contribution in [0.4, 0.5) is 0 Å². The Kier molecular flexibility index (Phi) is 7.60. The quantitative estimate of drug-likeness (QED) is 0.371. The molecule has 1 aromatic rings. The number of allylic oxidation sites excluding steroid dienone is 1. The highest BCUT2D eigenvalue weighted by molar-refractivity contribution is 6.22. The van der Waals surface area contributed by atoms with E-state index < -0.39 is 11.9 Å². The smallest absolute Gasteiger partial charge is 0.338 e. The first kappa shape index (κ1) is 22.7. The van der Waals surface area contributed by atoms with Gasteiger partial charge in [-0.3, -0.25) is 19.3 Å². The van der Waals surface area contributed by atoms with Crippen LogP contribution in [0.5, 0.6) is 0 Å². The van der Waals surface area contributed by atoms with Crippen LogP contribution < -0.4 is 5.32 Å². The maximum Gasteiger partial charge on any atom is 0.338 e. The molecule has 3 amide bonds. The van der Waals surface area contributed by atoms with E-state index in [2.05, 4.69) is 11.4 Å². The Labute approximate surface area is 182 Å². The number of hydrogen-bond acceptors (Lipinski definition) is 5. The molecule has 0 saturated carbocycles. The molecule has 0 aromatic heterocycles. The molecule has 0 unspecified atom stereocenters. The summed E-state index contributed by atoms with van der Waals surface area (Å²) in [5.74, 6) is -1.44. The van der Waals surface area contributed by atoms with E-state index in [1.54, 1.807) is 0 Å². The second-order valence-electron chi connectivity index (χ2n) is 8.49. The van der Waals surface area contributed by atoms with Crippen molar-refractivity contribution in [1.29, 1.82) is 0 Å². The number of esters is 1. The number of carbonyl (C=O) groups excluding carboxylic acids is 4. The largest absolute Gasteiger partial charge is 0.452 e. The van der Waals surface area contributed by atoms with Gasteiger partial charge in [0.05, 0.1) is 16.7 Å². The van der Waals surface area contributed by atoms with Crippen LogP contribution in [0.25, 0.3) is 0 Å². The zero-order chi connectivity index (χ0) is 22.4. The first-order valence-electron chi connectivity index (χ1n) is 11.0. The summed E-state index contributed by atoms with van der Waals surface area (Å²) >= 11 is 0. The Morgan fingerprint density at radius 3 is 2.61 bits per heavy atom. The van der Waals surface area contributed by atoms with Gasteiger partial charge in [0.25, 0.3) is 17.7 Å². The van der Waals surface area contributed by atoms with Crippen LogP contribution in [0.2, 0.25) is 0 Å². The van der Waals surface area contributed by atoms with Crippen LogP contribution in [0, 0.1) is 5.92 Å². The minimum absolute atomic E-state index is 0.144. The Balaban J connectivity index is 1.50. The standard InChI is InChI=1S/C24H30N2O5/c1-16(2)11-13-26-22(28)19-9-8-18(14-20(19)23(26)29)24(30)31-15-21(27)25-12-10-17-6-4-3-5-7-17/h6,8-9,14,16H,3-5,7,10-13,15H2,1-2H3,(H,25,27). The summed E-state index contributed by atoms with van der Waals surface area (Å²) in [6.45, 7) is 4.53. The summed E-state index contributed by atoms with van der Waals surface area (Å²) in [6.07, 6.45) is 8.37. The number of fused-ring (bicyclic) bond motifs is 1. The fourth-order valence-electron chi connectivity index (χ4n) is 3.77. The minimum Gasteiger partial charge on any atom is -0.452 e. The SMILES string of the molecule is CC(C)CCN1C(=O)c2ccc(C(=O)OCC(=O)NCCC3=CCCCC3)cc2C1=O. The average Bonchev–Trinajstić information content (AvgIpc) is 3.00. The van der Waals surface area contributed by atoms with Gasteiger partial charge in [-0.1, -0.05) is 25.5 Å². The van der Waals surface area contributed by atoms with Crippen molar-refractivity contribution in [3.63, 3.8) is 0 Å². The van der Waals surface area contributed by atoms with E-state index in [9.17, 15) is 19.2 Å². The lowest BCUT2D eigenvalue weighted by molar-refractivity contribution is -0.124.